The summed E-state index contributed by atoms with van der Waals surface area (Å²) in [5.41, 5.74) is 0. The van der Waals surface area contributed by atoms with E-state index in [4.69, 9.17) is 0 Å². The fraction of sp³-hybridized carbons (Fsp3) is 1.00. The van der Waals surface area contributed by atoms with Gasteiger partial charge in [-0.15, -0.1) is 0 Å². The summed E-state index contributed by atoms with van der Waals surface area (Å²) in [7, 11) is 0. The minimum Gasteiger partial charge on any atom is -0.206 e. The molecule has 0 aromatic carbocycles. The van der Waals surface area contributed by atoms with Crippen molar-refractivity contribution in [2.75, 3.05) is 0 Å². The highest BCUT2D eigenvalue weighted by Gasteiger charge is 2.55. The van der Waals surface area contributed by atoms with Gasteiger partial charge in [-0.1, -0.05) is 13.3 Å². The van der Waals surface area contributed by atoms with Crippen molar-refractivity contribution < 1.29 is 8.78 Å². The maximum atomic E-state index is 13.4. The smallest absolute Gasteiger partial charge is 0.206 e. The van der Waals surface area contributed by atoms with Crippen molar-refractivity contribution in [2.24, 2.45) is 17.8 Å². The van der Waals surface area contributed by atoms with Crippen LogP contribution in [0, 0.1) is 17.8 Å². The van der Waals surface area contributed by atoms with Crippen molar-refractivity contribution in [3.8, 4) is 0 Å². The average Bonchev–Trinajstić information content (AvgIpc) is 2.29. The zero-order chi connectivity index (χ0) is 8.77. The monoisotopic (exact) mass is 174 g/mol. The van der Waals surface area contributed by atoms with Crippen molar-refractivity contribution in [1.82, 2.24) is 0 Å². The Labute approximate surface area is 72.3 Å². The average molecular weight is 174 g/mol. The largest absolute Gasteiger partial charge is 0.253 e. The molecule has 2 saturated carbocycles. The van der Waals surface area contributed by atoms with Crippen molar-refractivity contribution in [2.45, 2.75) is 45.0 Å². The van der Waals surface area contributed by atoms with Crippen LogP contribution in [0.2, 0.25) is 0 Å². The van der Waals surface area contributed by atoms with Crippen molar-refractivity contribution >= 4 is 0 Å². The molecule has 2 aliphatic rings. The molecule has 0 spiro atoms. The predicted molar refractivity (Wildman–Crippen MR) is 44.2 cm³/mol. The molecule has 2 rings (SSSR count). The van der Waals surface area contributed by atoms with Crippen molar-refractivity contribution in [1.29, 1.82) is 0 Å². The van der Waals surface area contributed by atoms with Crippen LogP contribution in [0.25, 0.3) is 0 Å². The van der Waals surface area contributed by atoms with Crippen LogP contribution in [0.3, 0.4) is 0 Å². The maximum absolute atomic E-state index is 13.4. The Kier molecular flexibility index (Phi) is 1.89. The van der Waals surface area contributed by atoms with Gasteiger partial charge in [0.2, 0.25) is 0 Å². The summed E-state index contributed by atoms with van der Waals surface area (Å²) in [6.45, 7) is 2.12. The fourth-order valence-corrected chi connectivity index (χ4v) is 2.90. The van der Waals surface area contributed by atoms with Crippen LogP contribution in [-0.2, 0) is 0 Å². The number of fused-ring (bicyclic) bond motifs is 2. The van der Waals surface area contributed by atoms with Gasteiger partial charge in [0.05, 0.1) is 0 Å². The summed E-state index contributed by atoms with van der Waals surface area (Å²) in [5.74, 6) is -2.28. The summed E-state index contributed by atoms with van der Waals surface area (Å²) >= 11 is 0. The summed E-state index contributed by atoms with van der Waals surface area (Å²) in [4.78, 5) is 0. The highest BCUT2D eigenvalue weighted by molar-refractivity contribution is 4.97. The molecule has 0 radical (unpaired) electrons. The Morgan fingerprint density at radius 1 is 1.17 bits per heavy atom. The van der Waals surface area contributed by atoms with E-state index < -0.39 is 5.92 Å². The van der Waals surface area contributed by atoms with Gasteiger partial charge in [0.1, 0.15) is 0 Å². The van der Waals surface area contributed by atoms with Crippen LogP contribution in [-0.4, -0.2) is 5.92 Å². The number of halogens is 2. The molecule has 0 aliphatic heterocycles. The van der Waals surface area contributed by atoms with E-state index in [1.165, 1.54) is 0 Å². The SMILES string of the molecule is CCC1CC2CCC(C1)C2(F)F. The van der Waals surface area contributed by atoms with E-state index in [-0.39, 0.29) is 11.8 Å². The normalized spacial score (nSPS) is 44.8. The van der Waals surface area contributed by atoms with Gasteiger partial charge in [-0.25, -0.2) is 8.78 Å². The van der Waals surface area contributed by atoms with Gasteiger partial charge < -0.3 is 0 Å². The summed E-state index contributed by atoms with van der Waals surface area (Å²) in [6, 6.07) is 0. The second-order valence-corrected chi connectivity index (χ2v) is 4.39. The van der Waals surface area contributed by atoms with Crippen LogP contribution >= 0.6 is 0 Å². The summed E-state index contributed by atoms with van der Waals surface area (Å²) in [6.07, 6.45) is 4.19. The molecular weight excluding hydrogens is 158 g/mol. The Morgan fingerprint density at radius 2 is 1.67 bits per heavy atom. The fourth-order valence-electron chi connectivity index (χ4n) is 2.90. The third-order valence-electron chi connectivity index (χ3n) is 3.77. The zero-order valence-corrected chi connectivity index (χ0v) is 7.52. The first-order valence-corrected chi connectivity index (χ1v) is 5.02. The van der Waals surface area contributed by atoms with Crippen molar-refractivity contribution in [3.05, 3.63) is 0 Å². The first kappa shape index (κ1) is 8.46. The minimum absolute atomic E-state index is 0.277. The molecular formula is C10H16F2. The van der Waals surface area contributed by atoms with Gasteiger partial charge in [-0.3, -0.25) is 0 Å². The van der Waals surface area contributed by atoms with Gasteiger partial charge in [0.15, 0.2) is 0 Å². The second-order valence-electron chi connectivity index (χ2n) is 4.39. The molecule has 0 aromatic heterocycles. The molecule has 70 valence electrons. The lowest BCUT2D eigenvalue weighted by Crippen LogP contribution is -2.36. The van der Waals surface area contributed by atoms with E-state index in [1.807, 2.05) is 0 Å². The molecule has 2 atom stereocenters. The molecule has 0 aromatic rings. The van der Waals surface area contributed by atoms with E-state index in [0.717, 1.165) is 32.1 Å². The second kappa shape index (κ2) is 2.68. The van der Waals surface area contributed by atoms with E-state index in [2.05, 4.69) is 6.92 Å². The molecule has 0 amide bonds. The number of hydrogen-bond donors (Lipinski definition) is 0. The molecule has 0 nitrogen and oxygen atoms in total. The van der Waals surface area contributed by atoms with E-state index in [1.54, 1.807) is 0 Å². The lowest BCUT2D eigenvalue weighted by Gasteiger charge is -2.34. The lowest BCUT2D eigenvalue weighted by molar-refractivity contribution is -0.110. The molecule has 2 heteroatoms. The molecule has 2 fully saturated rings. The van der Waals surface area contributed by atoms with Gasteiger partial charge in [-0.2, -0.15) is 0 Å². The standard InChI is InChI=1S/C10H16F2/c1-2-7-5-8-3-4-9(6-7)10(8,11)12/h7-9H,2-6H2,1H3. The van der Waals surface area contributed by atoms with Gasteiger partial charge in [-0.05, 0) is 31.6 Å². The number of rotatable bonds is 1. The van der Waals surface area contributed by atoms with Crippen LogP contribution < -0.4 is 0 Å². The molecule has 2 aliphatic carbocycles. The lowest BCUT2D eigenvalue weighted by atomic mass is 9.77. The van der Waals surface area contributed by atoms with E-state index in [9.17, 15) is 8.78 Å². The van der Waals surface area contributed by atoms with Crippen LogP contribution in [0.4, 0.5) is 8.78 Å². The minimum atomic E-state index is -2.31. The summed E-state index contributed by atoms with van der Waals surface area (Å²) < 4.78 is 26.7. The van der Waals surface area contributed by atoms with Crippen LogP contribution in [0.1, 0.15) is 39.0 Å². The zero-order valence-electron chi connectivity index (χ0n) is 7.52. The quantitative estimate of drug-likeness (QED) is 0.571. The Hall–Kier alpha value is -0.140. The third-order valence-corrected chi connectivity index (χ3v) is 3.77. The first-order valence-electron chi connectivity index (χ1n) is 5.02. The molecule has 12 heavy (non-hydrogen) atoms. The first-order chi connectivity index (χ1) is 5.64. The van der Waals surface area contributed by atoms with Crippen molar-refractivity contribution in [3.63, 3.8) is 0 Å². The van der Waals surface area contributed by atoms with Crippen LogP contribution in [0.5, 0.6) is 0 Å². The number of alkyl halides is 2. The topological polar surface area (TPSA) is 0 Å². The Morgan fingerprint density at radius 3 is 2.08 bits per heavy atom. The third kappa shape index (κ3) is 1.07. The van der Waals surface area contributed by atoms with Gasteiger partial charge >= 0.3 is 0 Å². The molecule has 2 bridgehead atoms. The molecule has 2 unspecified atom stereocenters. The van der Waals surface area contributed by atoms with Gasteiger partial charge in [0.25, 0.3) is 5.92 Å². The molecule has 0 saturated heterocycles. The highest BCUT2D eigenvalue weighted by Crippen LogP contribution is 2.55. The summed E-state index contributed by atoms with van der Waals surface area (Å²) in [5, 5.41) is 0. The predicted octanol–water partition coefficient (Wildman–Crippen LogP) is 3.47. The van der Waals surface area contributed by atoms with Gasteiger partial charge in [0, 0.05) is 11.8 Å². The van der Waals surface area contributed by atoms with Crippen LogP contribution in [0.15, 0.2) is 0 Å². The number of hydrogen-bond acceptors (Lipinski definition) is 0. The highest BCUT2D eigenvalue weighted by atomic mass is 19.3. The van der Waals surface area contributed by atoms with E-state index >= 15 is 0 Å². The molecule has 0 heterocycles. The Bertz CT molecular complexity index is 161. The van der Waals surface area contributed by atoms with E-state index in [0.29, 0.717) is 5.92 Å². The Balaban J connectivity index is 2.12. The maximum Gasteiger partial charge on any atom is 0.253 e. The molecule has 0 N–H and O–H groups in total.